The van der Waals surface area contributed by atoms with Gasteiger partial charge in [0.1, 0.15) is 17.0 Å². The molecule has 0 bridgehead atoms. The van der Waals surface area contributed by atoms with Crippen molar-refractivity contribution in [3.8, 4) is 5.75 Å². The number of pyridine rings is 1. The maximum Gasteiger partial charge on any atom is 0.293 e. The first-order chi connectivity index (χ1) is 17.5. The fourth-order valence-corrected chi connectivity index (χ4v) is 5.08. The number of nitrogens with zero attached hydrogens (tertiary/aromatic N) is 5. The number of thiazole rings is 1. The number of anilines is 2. The Morgan fingerprint density at radius 3 is 2.75 bits per heavy atom. The largest absolute Gasteiger partial charge is 0.494 e. The van der Waals surface area contributed by atoms with Crippen LogP contribution in [0.4, 0.5) is 16.5 Å². The summed E-state index contributed by atoms with van der Waals surface area (Å²) in [6.45, 7) is 2.25. The number of carbonyl (C=O) groups is 1. The van der Waals surface area contributed by atoms with Crippen molar-refractivity contribution in [2.45, 2.75) is 6.54 Å². The normalized spacial score (nSPS) is 13.5. The lowest BCUT2D eigenvalue weighted by Gasteiger charge is -2.28. The van der Waals surface area contributed by atoms with Crippen molar-refractivity contribution in [2.75, 3.05) is 43.2 Å². The van der Waals surface area contributed by atoms with Gasteiger partial charge in [-0.15, -0.1) is 0 Å². The van der Waals surface area contributed by atoms with E-state index in [2.05, 4.69) is 9.97 Å². The van der Waals surface area contributed by atoms with Crippen molar-refractivity contribution in [3.05, 3.63) is 82.2 Å². The summed E-state index contributed by atoms with van der Waals surface area (Å²) in [5, 5.41) is 12.4. The number of hydrogen-bond donors (Lipinski definition) is 0. The number of para-hydroxylation sites is 1. The molecule has 1 saturated heterocycles. The van der Waals surface area contributed by atoms with Crippen LogP contribution in [0.3, 0.4) is 0 Å². The lowest BCUT2D eigenvalue weighted by Crippen LogP contribution is -2.36. The number of amides is 1. The van der Waals surface area contributed by atoms with Gasteiger partial charge in [-0.05, 0) is 36.4 Å². The molecule has 0 spiro atoms. The van der Waals surface area contributed by atoms with Gasteiger partial charge in [0.05, 0.1) is 42.2 Å². The smallest absolute Gasteiger partial charge is 0.293 e. The van der Waals surface area contributed by atoms with Gasteiger partial charge in [-0.1, -0.05) is 23.5 Å². The molecule has 4 aromatic rings. The molecule has 0 N–H and O–H groups in total. The first-order valence-electron chi connectivity index (χ1n) is 11.3. The van der Waals surface area contributed by atoms with Crippen LogP contribution >= 0.6 is 11.3 Å². The molecule has 5 rings (SSSR count). The van der Waals surface area contributed by atoms with E-state index in [1.165, 1.54) is 22.3 Å². The second kappa shape index (κ2) is 10.3. The summed E-state index contributed by atoms with van der Waals surface area (Å²) >= 11 is 1.34. The number of carbonyl (C=O) groups excluding carboxylic acids is 1. The molecule has 2 aromatic heterocycles. The van der Waals surface area contributed by atoms with E-state index >= 15 is 0 Å². The van der Waals surface area contributed by atoms with Crippen LogP contribution in [-0.4, -0.2) is 54.2 Å². The number of fused-ring (bicyclic) bond motifs is 1. The topological polar surface area (TPSA) is 111 Å². The monoisotopic (exact) mass is 505 g/mol. The van der Waals surface area contributed by atoms with Crippen molar-refractivity contribution in [1.29, 1.82) is 0 Å². The minimum Gasteiger partial charge on any atom is -0.494 e. The van der Waals surface area contributed by atoms with E-state index in [0.29, 0.717) is 54.1 Å². The van der Waals surface area contributed by atoms with Crippen LogP contribution < -0.4 is 14.5 Å². The molecule has 0 saturated carbocycles. The van der Waals surface area contributed by atoms with E-state index in [4.69, 9.17) is 9.47 Å². The summed E-state index contributed by atoms with van der Waals surface area (Å²) in [5.74, 6) is 0.195. The average Bonchev–Trinajstić information content (AvgIpc) is 3.36. The molecule has 3 heterocycles. The van der Waals surface area contributed by atoms with Gasteiger partial charge in [0.2, 0.25) is 0 Å². The van der Waals surface area contributed by atoms with Crippen LogP contribution in [0.5, 0.6) is 5.75 Å². The number of benzene rings is 2. The number of rotatable bonds is 7. The fourth-order valence-electron chi connectivity index (χ4n) is 4.10. The molecule has 184 valence electrons. The Hall–Kier alpha value is -4.09. The van der Waals surface area contributed by atoms with Crippen molar-refractivity contribution in [2.24, 2.45) is 0 Å². The van der Waals surface area contributed by atoms with Gasteiger partial charge in [0.25, 0.3) is 11.6 Å². The third kappa shape index (κ3) is 4.70. The SMILES string of the molecule is COc1cccc2sc(N(Cc3ccccn3)C(=O)c3ccc(N4CCOCC4)c([N+](=O)[O-])c3)nc12. The van der Waals surface area contributed by atoms with E-state index in [9.17, 15) is 14.9 Å². The highest BCUT2D eigenvalue weighted by atomic mass is 32.1. The third-order valence-corrected chi connectivity index (χ3v) is 6.93. The molecule has 1 fully saturated rings. The lowest BCUT2D eigenvalue weighted by atomic mass is 10.1. The number of methoxy groups -OCH3 is 1. The van der Waals surface area contributed by atoms with Gasteiger partial charge in [-0.2, -0.15) is 0 Å². The van der Waals surface area contributed by atoms with Crippen molar-refractivity contribution in [3.63, 3.8) is 0 Å². The van der Waals surface area contributed by atoms with E-state index in [0.717, 1.165) is 4.70 Å². The quantitative estimate of drug-likeness (QED) is 0.270. The van der Waals surface area contributed by atoms with Gasteiger partial charge in [0, 0.05) is 30.9 Å². The fraction of sp³-hybridized carbons (Fsp3) is 0.240. The molecular formula is C25H23N5O5S. The zero-order chi connectivity index (χ0) is 25.1. The average molecular weight is 506 g/mol. The molecule has 1 aliphatic rings. The van der Waals surface area contributed by atoms with Crippen LogP contribution in [0.25, 0.3) is 10.2 Å². The Kier molecular flexibility index (Phi) is 6.74. The van der Waals surface area contributed by atoms with Gasteiger partial charge in [-0.25, -0.2) is 4.98 Å². The van der Waals surface area contributed by atoms with Gasteiger partial charge in [0.15, 0.2) is 5.13 Å². The number of nitro groups is 1. The number of hydrogen-bond acceptors (Lipinski definition) is 9. The highest BCUT2D eigenvalue weighted by Crippen LogP contribution is 2.36. The predicted molar refractivity (Wildman–Crippen MR) is 137 cm³/mol. The van der Waals surface area contributed by atoms with Crippen LogP contribution in [-0.2, 0) is 11.3 Å². The minimum absolute atomic E-state index is 0.119. The number of nitro benzene ring substituents is 1. The first-order valence-corrected chi connectivity index (χ1v) is 12.1. The van der Waals surface area contributed by atoms with Crippen molar-refractivity contribution < 1.29 is 19.2 Å². The maximum atomic E-state index is 13.8. The standard InChI is InChI=1S/C25H23N5O5S/c1-34-21-6-4-7-22-23(21)27-25(36-22)29(16-18-5-2-3-10-26-18)24(31)17-8-9-19(20(15-17)30(32)33)28-11-13-35-14-12-28/h2-10,15H,11-14,16H2,1H3. The Morgan fingerprint density at radius 1 is 1.19 bits per heavy atom. The summed E-state index contributed by atoms with van der Waals surface area (Å²) in [6, 6.07) is 15.6. The molecule has 0 radical (unpaired) electrons. The Balaban J connectivity index is 1.56. The highest BCUT2D eigenvalue weighted by Gasteiger charge is 2.27. The summed E-state index contributed by atoms with van der Waals surface area (Å²) in [6.07, 6.45) is 1.65. The molecule has 1 amide bonds. The molecule has 0 atom stereocenters. The number of aromatic nitrogens is 2. The van der Waals surface area contributed by atoms with E-state index < -0.39 is 10.8 Å². The maximum absolute atomic E-state index is 13.8. The summed E-state index contributed by atoms with van der Waals surface area (Å²) in [7, 11) is 1.57. The van der Waals surface area contributed by atoms with Crippen LogP contribution in [0.1, 0.15) is 16.1 Å². The molecule has 11 heteroatoms. The van der Waals surface area contributed by atoms with Crippen LogP contribution in [0.2, 0.25) is 0 Å². The molecule has 36 heavy (non-hydrogen) atoms. The number of ether oxygens (including phenoxy) is 2. The molecule has 2 aromatic carbocycles. The second-order valence-electron chi connectivity index (χ2n) is 8.08. The van der Waals surface area contributed by atoms with Crippen LogP contribution in [0, 0.1) is 10.1 Å². The van der Waals surface area contributed by atoms with Gasteiger partial charge >= 0.3 is 0 Å². The van der Waals surface area contributed by atoms with Crippen molar-refractivity contribution in [1.82, 2.24) is 9.97 Å². The lowest BCUT2D eigenvalue weighted by molar-refractivity contribution is -0.384. The first kappa shape index (κ1) is 23.6. The highest BCUT2D eigenvalue weighted by molar-refractivity contribution is 7.22. The minimum atomic E-state index is -0.451. The zero-order valence-electron chi connectivity index (χ0n) is 19.5. The van der Waals surface area contributed by atoms with Gasteiger partial charge < -0.3 is 14.4 Å². The third-order valence-electron chi connectivity index (χ3n) is 5.88. The molecule has 0 aliphatic carbocycles. The summed E-state index contributed by atoms with van der Waals surface area (Å²) < 4.78 is 11.7. The molecule has 10 nitrogen and oxygen atoms in total. The van der Waals surface area contributed by atoms with E-state index in [1.54, 1.807) is 31.5 Å². The van der Waals surface area contributed by atoms with Crippen molar-refractivity contribution >= 4 is 44.0 Å². The Morgan fingerprint density at radius 2 is 2.03 bits per heavy atom. The zero-order valence-corrected chi connectivity index (χ0v) is 20.3. The Labute approximate surface area is 210 Å². The number of morpholine rings is 1. The van der Waals surface area contributed by atoms with Crippen LogP contribution in [0.15, 0.2) is 60.8 Å². The van der Waals surface area contributed by atoms with E-state index in [-0.39, 0.29) is 17.8 Å². The Bertz CT molecular complexity index is 1400. The molecule has 0 unspecified atom stereocenters. The summed E-state index contributed by atoms with van der Waals surface area (Å²) in [4.78, 5) is 37.8. The van der Waals surface area contributed by atoms with E-state index in [1.807, 2.05) is 35.2 Å². The molecule has 1 aliphatic heterocycles. The summed E-state index contributed by atoms with van der Waals surface area (Å²) in [5.41, 5.74) is 1.86. The van der Waals surface area contributed by atoms with Gasteiger partial charge in [-0.3, -0.25) is 24.8 Å². The molecular weight excluding hydrogens is 482 g/mol. The predicted octanol–water partition coefficient (Wildman–Crippen LogP) is 4.29. The second-order valence-corrected chi connectivity index (χ2v) is 9.08.